The molecular formula is C19H26N4O5. The van der Waals surface area contributed by atoms with E-state index in [9.17, 15) is 24.8 Å². The number of rotatable bonds is 5. The van der Waals surface area contributed by atoms with Crippen molar-refractivity contribution in [3.63, 3.8) is 0 Å². The van der Waals surface area contributed by atoms with Crippen molar-refractivity contribution in [1.29, 1.82) is 0 Å². The number of hydrogen-bond donors (Lipinski definition) is 1. The van der Waals surface area contributed by atoms with E-state index in [0.29, 0.717) is 32.7 Å². The average Bonchev–Trinajstić information content (AvgIpc) is 3.06. The van der Waals surface area contributed by atoms with Gasteiger partial charge >= 0.3 is 0 Å². The Morgan fingerprint density at radius 1 is 1.18 bits per heavy atom. The zero-order chi connectivity index (χ0) is 20.3. The van der Waals surface area contributed by atoms with Crippen LogP contribution in [0, 0.1) is 10.1 Å². The zero-order valence-electron chi connectivity index (χ0n) is 16.0. The Morgan fingerprint density at radius 3 is 2.46 bits per heavy atom. The molecule has 2 amide bonds. The number of carbonyl (C=O) groups excluding carboxylic acids is 2. The topological polar surface area (TPSA) is 107 Å². The predicted molar refractivity (Wildman–Crippen MR) is 102 cm³/mol. The largest absolute Gasteiger partial charge is 0.392 e. The van der Waals surface area contributed by atoms with E-state index in [1.54, 1.807) is 17.0 Å². The lowest BCUT2D eigenvalue weighted by atomic mass is 10.1. The summed E-state index contributed by atoms with van der Waals surface area (Å²) >= 11 is 0. The minimum absolute atomic E-state index is 0.00302. The number of nitro benzene ring substituents is 1. The van der Waals surface area contributed by atoms with E-state index in [0.717, 1.165) is 18.5 Å². The summed E-state index contributed by atoms with van der Waals surface area (Å²) in [5.41, 5.74) is 0.719. The molecule has 1 aromatic rings. The first-order valence-electron chi connectivity index (χ1n) is 9.52. The fourth-order valence-corrected chi connectivity index (χ4v) is 3.91. The van der Waals surface area contributed by atoms with Crippen molar-refractivity contribution < 1.29 is 19.6 Å². The van der Waals surface area contributed by atoms with Crippen LogP contribution in [-0.4, -0.2) is 88.0 Å². The number of benzene rings is 1. The van der Waals surface area contributed by atoms with E-state index >= 15 is 0 Å². The van der Waals surface area contributed by atoms with Crippen molar-refractivity contribution >= 4 is 17.5 Å². The number of β-amino-alcohol motifs (C(OH)–C–C–N with tert-alkyl or cyclic N) is 1. The Morgan fingerprint density at radius 2 is 1.89 bits per heavy atom. The van der Waals surface area contributed by atoms with Gasteiger partial charge < -0.3 is 14.9 Å². The van der Waals surface area contributed by atoms with Crippen LogP contribution in [-0.2, 0) is 16.0 Å². The summed E-state index contributed by atoms with van der Waals surface area (Å²) in [6, 6.07) is 5.88. The third kappa shape index (κ3) is 4.85. The number of nitrogens with zero attached hydrogens (tertiary/aromatic N) is 4. The second-order valence-electron chi connectivity index (χ2n) is 7.51. The summed E-state index contributed by atoms with van der Waals surface area (Å²) in [5, 5.41) is 20.5. The van der Waals surface area contributed by atoms with Crippen LogP contribution < -0.4 is 0 Å². The number of nitro groups is 1. The predicted octanol–water partition coefficient (Wildman–Crippen LogP) is 0.263. The highest BCUT2D eigenvalue weighted by Gasteiger charge is 2.34. The summed E-state index contributed by atoms with van der Waals surface area (Å²) in [7, 11) is 0. The normalized spacial score (nSPS) is 23.1. The quantitative estimate of drug-likeness (QED) is 0.571. The van der Waals surface area contributed by atoms with Crippen molar-refractivity contribution in [2.75, 3.05) is 39.3 Å². The lowest BCUT2D eigenvalue weighted by molar-refractivity contribution is -0.384. The van der Waals surface area contributed by atoms with E-state index < -0.39 is 4.92 Å². The molecule has 0 bridgehead atoms. The number of aliphatic hydroxyl groups is 1. The molecule has 0 radical (unpaired) electrons. The maximum atomic E-state index is 12.9. The summed E-state index contributed by atoms with van der Waals surface area (Å²) in [6.45, 7) is 4.96. The maximum Gasteiger partial charge on any atom is 0.269 e. The molecule has 2 aliphatic rings. The van der Waals surface area contributed by atoms with Crippen molar-refractivity contribution in [3.8, 4) is 0 Å². The first-order valence-corrected chi connectivity index (χ1v) is 9.52. The number of amides is 2. The number of likely N-dealkylation sites (tertiary alicyclic amines) is 1. The van der Waals surface area contributed by atoms with Crippen LogP contribution in [0.15, 0.2) is 24.3 Å². The Balaban J connectivity index is 1.68. The van der Waals surface area contributed by atoms with Gasteiger partial charge in [0.2, 0.25) is 11.8 Å². The van der Waals surface area contributed by atoms with Gasteiger partial charge in [-0.2, -0.15) is 0 Å². The first-order chi connectivity index (χ1) is 13.3. The molecule has 2 fully saturated rings. The van der Waals surface area contributed by atoms with Gasteiger partial charge in [-0.3, -0.25) is 24.6 Å². The highest BCUT2D eigenvalue weighted by atomic mass is 16.6. The van der Waals surface area contributed by atoms with E-state index in [4.69, 9.17) is 0 Å². The average molecular weight is 390 g/mol. The summed E-state index contributed by atoms with van der Waals surface area (Å²) in [6.07, 6.45) is 0.550. The fraction of sp³-hybridized carbons (Fsp3) is 0.579. The minimum Gasteiger partial charge on any atom is -0.392 e. The lowest BCUT2D eigenvalue weighted by Crippen LogP contribution is -2.59. The molecule has 2 atom stereocenters. The molecule has 1 N–H and O–H groups in total. The summed E-state index contributed by atoms with van der Waals surface area (Å²) < 4.78 is 0. The van der Waals surface area contributed by atoms with Crippen LogP contribution in [0.3, 0.4) is 0 Å². The standard InChI is InChI=1S/C19H26N4O5/c1-14(24)21-8-9-22(17(12-21)11-20-7-6-18(25)13-20)19(26)10-15-2-4-16(5-3-15)23(27)28/h2-5,17-18,25H,6-13H2,1H3/t17-,18+/m0/s1. The molecule has 9 heteroatoms. The third-order valence-electron chi connectivity index (χ3n) is 5.47. The maximum absolute atomic E-state index is 12.9. The molecule has 3 rings (SSSR count). The Bertz CT molecular complexity index is 738. The molecular weight excluding hydrogens is 364 g/mol. The molecule has 0 aliphatic carbocycles. The van der Waals surface area contributed by atoms with Gasteiger partial charge in [0, 0.05) is 58.3 Å². The van der Waals surface area contributed by atoms with Gasteiger partial charge in [0.05, 0.1) is 23.5 Å². The van der Waals surface area contributed by atoms with Crippen LogP contribution in [0.1, 0.15) is 18.9 Å². The molecule has 9 nitrogen and oxygen atoms in total. The Hall–Kier alpha value is -2.52. The van der Waals surface area contributed by atoms with E-state index in [-0.39, 0.29) is 36.1 Å². The summed E-state index contributed by atoms with van der Waals surface area (Å²) in [4.78, 5) is 40.7. The molecule has 28 heavy (non-hydrogen) atoms. The van der Waals surface area contributed by atoms with Gasteiger partial charge in [-0.05, 0) is 12.0 Å². The molecule has 2 saturated heterocycles. The second-order valence-corrected chi connectivity index (χ2v) is 7.51. The molecule has 2 aliphatic heterocycles. The number of hydrogen-bond acceptors (Lipinski definition) is 6. The third-order valence-corrected chi connectivity index (χ3v) is 5.47. The van der Waals surface area contributed by atoms with Crippen molar-refractivity contribution in [2.45, 2.75) is 31.9 Å². The molecule has 0 spiro atoms. The van der Waals surface area contributed by atoms with Crippen LogP contribution in [0.25, 0.3) is 0 Å². The van der Waals surface area contributed by atoms with E-state index in [1.165, 1.54) is 19.1 Å². The number of piperazine rings is 1. The van der Waals surface area contributed by atoms with Crippen molar-refractivity contribution in [2.24, 2.45) is 0 Å². The van der Waals surface area contributed by atoms with Crippen LogP contribution in [0.4, 0.5) is 5.69 Å². The SMILES string of the molecule is CC(=O)N1CCN(C(=O)Cc2ccc([N+](=O)[O-])cc2)[C@@H](CN2CC[C@@H](O)C2)C1. The molecule has 2 heterocycles. The van der Waals surface area contributed by atoms with Gasteiger partial charge in [0.1, 0.15) is 0 Å². The minimum atomic E-state index is -0.465. The molecule has 0 aromatic heterocycles. The van der Waals surface area contributed by atoms with Crippen LogP contribution in [0.2, 0.25) is 0 Å². The molecule has 1 aromatic carbocycles. The van der Waals surface area contributed by atoms with Gasteiger partial charge in [0.25, 0.3) is 5.69 Å². The Kier molecular flexibility index (Phi) is 6.25. The van der Waals surface area contributed by atoms with Gasteiger partial charge in [0.15, 0.2) is 0 Å². The monoisotopic (exact) mass is 390 g/mol. The Labute approximate surface area is 163 Å². The lowest BCUT2D eigenvalue weighted by Gasteiger charge is -2.42. The van der Waals surface area contributed by atoms with Crippen LogP contribution in [0.5, 0.6) is 0 Å². The van der Waals surface area contributed by atoms with Gasteiger partial charge in [-0.15, -0.1) is 0 Å². The second kappa shape index (κ2) is 8.66. The van der Waals surface area contributed by atoms with E-state index in [1.807, 2.05) is 4.90 Å². The highest BCUT2D eigenvalue weighted by Crippen LogP contribution is 2.18. The zero-order valence-corrected chi connectivity index (χ0v) is 16.0. The van der Waals surface area contributed by atoms with Crippen molar-refractivity contribution in [1.82, 2.24) is 14.7 Å². The van der Waals surface area contributed by atoms with Crippen LogP contribution >= 0.6 is 0 Å². The van der Waals surface area contributed by atoms with Crippen molar-refractivity contribution in [3.05, 3.63) is 39.9 Å². The smallest absolute Gasteiger partial charge is 0.269 e. The highest BCUT2D eigenvalue weighted by molar-refractivity contribution is 5.80. The number of non-ortho nitro benzene ring substituents is 1. The summed E-state index contributed by atoms with van der Waals surface area (Å²) in [5.74, 6) is -0.0595. The molecule has 0 unspecified atom stereocenters. The van der Waals surface area contributed by atoms with Gasteiger partial charge in [-0.1, -0.05) is 12.1 Å². The number of aliphatic hydroxyl groups excluding tert-OH is 1. The molecule has 0 saturated carbocycles. The number of carbonyl (C=O) groups is 2. The molecule has 152 valence electrons. The van der Waals surface area contributed by atoms with Gasteiger partial charge in [-0.25, -0.2) is 0 Å². The fourth-order valence-electron chi connectivity index (χ4n) is 3.91. The first kappa shape index (κ1) is 20.2. The van der Waals surface area contributed by atoms with E-state index in [2.05, 4.69) is 4.90 Å².